The van der Waals surface area contributed by atoms with Gasteiger partial charge in [0.2, 0.25) is 6.10 Å². The molecule has 29 heavy (non-hydrogen) atoms. The van der Waals surface area contributed by atoms with Crippen LogP contribution in [0.25, 0.3) is 0 Å². The lowest BCUT2D eigenvalue weighted by Gasteiger charge is -2.24. The average Bonchev–Trinajstić information content (AvgIpc) is 2.43. The Morgan fingerprint density at radius 3 is 1.62 bits per heavy atom. The minimum Gasteiger partial charge on any atom is -0.460 e. The fourth-order valence-electron chi connectivity index (χ4n) is 1.93. The molecule has 168 valence electrons. The Labute approximate surface area is 172 Å². The predicted molar refractivity (Wildman–Crippen MR) is 105 cm³/mol. The van der Waals surface area contributed by atoms with Crippen LogP contribution in [-0.4, -0.2) is 53.5 Å². The number of nitrogens with one attached hydrogen (secondary N) is 1. The number of amides is 1. The molecule has 0 heterocycles. The van der Waals surface area contributed by atoms with Gasteiger partial charge >= 0.3 is 24.0 Å². The van der Waals surface area contributed by atoms with E-state index in [1.165, 1.54) is 0 Å². The first-order valence-electron chi connectivity index (χ1n) is 9.49. The van der Waals surface area contributed by atoms with E-state index in [1.54, 1.807) is 62.3 Å². The molecule has 0 fully saturated rings. The monoisotopic (exact) mass is 417 g/mol. The molecule has 0 radical (unpaired) electrons. The number of esters is 3. The molecule has 0 rings (SSSR count). The normalized spacial score (nSPS) is 13.1. The first-order chi connectivity index (χ1) is 12.9. The molecular weight excluding hydrogens is 382 g/mol. The Morgan fingerprint density at radius 1 is 0.724 bits per heavy atom. The van der Waals surface area contributed by atoms with Gasteiger partial charge in [0.15, 0.2) is 0 Å². The summed E-state index contributed by atoms with van der Waals surface area (Å²) in [5.74, 6) is -1.99. The molecule has 9 nitrogen and oxygen atoms in total. The zero-order chi connectivity index (χ0) is 23.0. The maximum absolute atomic E-state index is 12.3. The second kappa shape index (κ2) is 10.5. The third-order valence-corrected chi connectivity index (χ3v) is 2.75. The number of ether oxygens (including phenoxy) is 4. The van der Waals surface area contributed by atoms with Crippen molar-refractivity contribution in [3.8, 4) is 0 Å². The second-order valence-electron chi connectivity index (χ2n) is 9.49. The highest BCUT2D eigenvalue weighted by molar-refractivity contribution is 5.82. The third kappa shape index (κ3) is 15.3. The zero-order valence-electron chi connectivity index (χ0n) is 19.0. The van der Waals surface area contributed by atoms with Gasteiger partial charge in [0.05, 0.1) is 0 Å². The highest BCUT2D eigenvalue weighted by atomic mass is 16.6. The molecule has 1 N–H and O–H groups in total. The minimum atomic E-state index is -1.33. The lowest BCUT2D eigenvalue weighted by molar-refractivity contribution is -0.166. The molecule has 1 amide bonds. The minimum absolute atomic E-state index is 0.121. The van der Waals surface area contributed by atoms with Crippen LogP contribution in [-0.2, 0) is 33.3 Å². The van der Waals surface area contributed by atoms with Crippen molar-refractivity contribution in [1.29, 1.82) is 0 Å². The van der Waals surface area contributed by atoms with Crippen LogP contribution in [0.1, 0.15) is 75.2 Å². The van der Waals surface area contributed by atoms with Crippen molar-refractivity contribution in [3.63, 3.8) is 0 Å². The van der Waals surface area contributed by atoms with Crippen LogP contribution in [0, 0.1) is 0 Å². The highest BCUT2D eigenvalue weighted by Gasteiger charge is 2.30. The van der Waals surface area contributed by atoms with Crippen LogP contribution >= 0.6 is 0 Å². The molecule has 0 aromatic heterocycles. The number of carbonyl (C=O) groups excluding carboxylic acids is 4. The summed E-state index contributed by atoms with van der Waals surface area (Å²) in [7, 11) is 0. The lowest BCUT2D eigenvalue weighted by Crippen LogP contribution is -2.40. The van der Waals surface area contributed by atoms with E-state index in [0.717, 1.165) is 0 Å². The third-order valence-electron chi connectivity index (χ3n) is 2.75. The van der Waals surface area contributed by atoms with Crippen LogP contribution in [0.3, 0.4) is 0 Å². The molecule has 0 aliphatic carbocycles. The Balaban J connectivity index is 4.88. The lowest BCUT2D eigenvalue weighted by atomic mass is 10.1. The fourth-order valence-corrected chi connectivity index (χ4v) is 1.93. The Kier molecular flexibility index (Phi) is 9.62. The molecule has 1 atom stereocenters. The smallest absolute Gasteiger partial charge is 0.408 e. The summed E-state index contributed by atoms with van der Waals surface area (Å²) in [6.07, 6.45) is -2.61. The quantitative estimate of drug-likeness (QED) is 0.496. The molecule has 0 aromatic carbocycles. The zero-order valence-corrected chi connectivity index (χ0v) is 19.0. The maximum Gasteiger partial charge on any atom is 0.408 e. The van der Waals surface area contributed by atoms with Crippen LogP contribution in [0.15, 0.2) is 0 Å². The van der Waals surface area contributed by atoms with Gasteiger partial charge in [-0.3, -0.25) is 9.59 Å². The van der Waals surface area contributed by atoms with Crippen molar-refractivity contribution < 1.29 is 38.1 Å². The van der Waals surface area contributed by atoms with E-state index in [9.17, 15) is 19.2 Å². The number of hydrogen-bond acceptors (Lipinski definition) is 8. The van der Waals surface area contributed by atoms with E-state index in [0.29, 0.717) is 0 Å². The van der Waals surface area contributed by atoms with Crippen LogP contribution in [0.4, 0.5) is 4.79 Å². The van der Waals surface area contributed by atoms with Crippen molar-refractivity contribution in [2.45, 2.75) is 98.1 Å². The predicted octanol–water partition coefficient (Wildman–Crippen LogP) is 2.89. The van der Waals surface area contributed by atoms with Crippen molar-refractivity contribution in [1.82, 2.24) is 5.32 Å². The molecule has 9 heteroatoms. The molecule has 0 aliphatic rings. The molecule has 0 aliphatic heterocycles. The topological polar surface area (TPSA) is 117 Å². The van der Waals surface area contributed by atoms with Crippen molar-refractivity contribution in [2.24, 2.45) is 0 Å². The first kappa shape index (κ1) is 26.7. The summed E-state index contributed by atoms with van der Waals surface area (Å²) < 4.78 is 20.6. The van der Waals surface area contributed by atoms with Crippen LogP contribution in [0.5, 0.6) is 0 Å². The molecule has 0 unspecified atom stereocenters. The van der Waals surface area contributed by atoms with Gasteiger partial charge < -0.3 is 24.3 Å². The van der Waals surface area contributed by atoms with Crippen LogP contribution < -0.4 is 5.32 Å². The van der Waals surface area contributed by atoms with Crippen molar-refractivity contribution >= 4 is 24.0 Å². The first-order valence-corrected chi connectivity index (χ1v) is 9.49. The van der Waals surface area contributed by atoms with E-state index < -0.39 is 53.5 Å². The van der Waals surface area contributed by atoms with Gasteiger partial charge in [0.25, 0.3) is 0 Å². The van der Waals surface area contributed by atoms with Gasteiger partial charge in [-0.15, -0.1) is 0 Å². The van der Waals surface area contributed by atoms with Gasteiger partial charge in [-0.05, 0) is 62.3 Å². The summed E-state index contributed by atoms with van der Waals surface area (Å²) in [6, 6.07) is 0. The van der Waals surface area contributed by atoms with Crippen molar-refractivity contribution in [2.75, 3.05) is 6.54 Å². The fraction of sp³-hybridized carbons (Fsp3) is 0.800. The summed E-state index contributed by atoms with van der Waals surface area (Å²) in [5.41, 5.74) is -2.18. The number of carbonyl (C=O) groups is 4. The molecule has 0 bridgehead atoms. The molecule has 0 aromatic rings. The summed E-state index contributed by atoms with van der Waals surface area (Å²) >= 11 is 0. The van der Waals surface area contributed by atoms with E-state index >= 15 is 0 Å². The van der Waals surface area contributed by atoms with Gasteiger partial charge in [-0.2, -0.15) is 0 Å². The van der Waals surface area contributed by atoms with Gasteiger partial charge in [0, 0.05) is 12.8 Å². The van der Waals surface area contributed by atoms with E-state index in [-0.39, 0.29) is 12.8 Å². The summed E-state index contributed by atoms with van der Waals surface area (Å²) in [4.78, 5) is 47.9. The average molecular weight is 417 g/mol. The van der Waals surface area contributed by atoms with Gasteiger partial charge in [-0.1, -0.05) is 0 Å². The van der Waals surface area contributed by atoms with E-state index in [2.05, 4.69) is 5.32 Å². The van der Waals surface area contributed by atoms with Crippen LogP contribution in [0.2, 0.25) is 0 Å². The largest absolute Gasteiger partial charge is 0.460 e. The Morgan fingerprint density at radius 2 is 1.17 bits per heavy atom. The molecule has 0 saturated heterocycles. The molecule has 0 saturated carbocycles. The molecule has 0 spiro atoms. The van der Waals surface area contributed by atoms with Crippen molar-refractivity contribution in [3.05, 3.63) is 0 Å². The Hall–Kier alpha value is -2.32. The number of hydrogen-bond donors (Lipinski definition) is 1. The standard InChI is InChI=1S/C20H35NO8/c1-18(2,3)27-14(22)11-10-13(16(24)29-20(7,8)9)26-17(25)21-12-15(23)28-19(4,5)6/h13H,10-12H2,1-9H3,(H,21,25)/t13-/m0/s1. The van der Waals surface area contributed by atoms with Gasteiger partial charge in [-0.25, -0.2) is 9.59 Å². The number of alkyl carbamates (subject to hydrolysis) is 1. The second-order valence-corrected chi connectivity index (χ2v) is 9.49. The SMILES string of the molecule is CC(C)(C)OC(=O)CC[C@H](OC(=O)NCC(=O)OC(C)(C)C)C(=O)OC(C)(C)C. The van der Waals surface area contributed by atoms with E-state index in [1.807, 2.05) is 0 Å². The van der Waals surface area contributed by atoms with E-state index in [4.69, 9.17) is 18.9 Å². The summed E-state index contributed by atoms with van der Waals surface area (Å²) in [5, 5.41) is 2.22. The maximum atomic E-state index is 12.3. The highest BCUT2D eigenvalue weighted by Crippen LogP contribution is 2.15. The van der Waals surface area contributed by atoms with Gasteiger partial charge in [0.1, 0.15) is 23.3 Å². The molecular formula is C20H35NO8. The Bertz CT molecular complexity index is 593. The number of rotatable bonds is 7. The summed E-state index contributed by atoms with van der Waals surface area (Å²) in [6.45, 7) is 14.8.